The van der Waals surface area contributed by atoms with Crippen molar-refractivity contribution in [2.24, 2.45) is 0 Å². The highest BCUT2D eigenvalue weighted by atomic mass is 16.6. The second kappa shape index (κ2) is 12.9. The molecule has 2 aliphatic rings. The molecule has 2 atom stereocenters. The van der Waals surface area contributed by atoms with Gasteiger partial charge in [-0.3, -0.25) is 0 Å². The van der Waals surface area contributed by atoms with Crippen LogP contribution in [-0.4, -0.2) is 71.6 Å². The van der Waals surface area contributed by atoms with E-state index in [-0.39, 0.29) is 24.4 Å². The van der Waals surface area contributed by atoms with Crippen LogP contribution >= 0.6 is 0 Å². The number of likely N-dealkylation sites (tertiary alicyclic amines) is 2. The van der Waals surface area contributed by atoms with Crippen molar-refractivity contribution in [1.29, 1.82) is 0 Å². The predicted octanol–water partition coefficient (Wildman–Crippen LogP) is 6.15. The number of benzene rings is 2. The maximum absolute atomic E-state index is 11.9. The molecule has 0 N–H and O–H groups in total. The summed E-state index contributed by atoms with van der Waals surface area (Å²) in [5.41, 5.74) is -0.898. The van der Waals surface area contributed by atoms with E-state index < -0.39 is 11.2 Å². The molecular weight excluding hydrogens is 484 g/mol. The summed E-state index contributed by atoms with van der Waals surface area (Å²) >= 11 is 0. The van der Waals surface area contributed by atoms with Gasteiger partial charge in [0.2, 0.25) is 0 Å². The highest BCUT2D eigenvalue weighted by Gasteiger charge is 2.32. The molecule has 0 spiro atoms. The second-order valence-electron chi connectivity index (χ2n) is 11.5. The van der Waals surface area contributed by atoms with E-state index in [1.165, 1.54) is 0 Å². The maximum Gasteiger partial charge on any atom is 0.410 e. The lowest BCUT2D eigenvalue weighted by Crippen LogP contribution is -2.36. The number of nitrogens with zero attached hydrogens (tertiary/aromatic N) is 2. The number of amides is 2. The number of para-hydroxylation sites is 2. The van der Waals surface area contributed by atoms with Gasteiger partial charge in [-0.2, -0.15) is 0 Å². The molecule has 0 aliphatic carbocycles. The van der Waals surface area contributed by atoms with Crippen molar-refractivity contribution >= 4 is 12.2 Å². The van der Waals surface area contributed by atoms with Gasteiger partial charge in [-0.15, -0.1) is 0 Å². The van der Waals surface area contributed by atoms with Crippen LogP contribution in [0.2, 0.25) is 0 Å². The largest absolute Gasteiger partial charge is 0.489 e. The molecule has 2 saturated heterocycles. The van der Waals surface area contributed by atoms with Crippen molar-refractivity contribution in [3.05, 3.63) is 60.7 Å². The average molecular weight is 527 g/mol. The van der Waals surface area contributed by atoms with Gasteiger partial charge in [0, 0.05) is 25.9 Å². The minimum absolute atomic E-state index is 0.0509. The quantitative estimate of drug-likeness (QED) is 0.476. The zero-order valence-electron chi connectivity index (χ0n) is 23.5. The Hall–Kier alpha value is -3.42. The highest BCUT2D eigenvalue weighted by Crippen LogP contribution is 2.21. The Morgan fingerprint density at radius 3 is 1.29 bits per heavy atom. The molecule has 8 nitrogen and oxygen atoms in total. The fourth-order valence-electron chi connectivity index (χ4n) is 4.02. The summed E-state index contributed by atoms with van der Waals surface area (Å²) in [4.78, 5) is 27.2. The summed E-state index contributed by atoms with van der Waals surface area (Å²) in [5, 5.41) is 0. The summed E-state index contributed by atoms with van der Waals surface area (Å²) in [6.45, 7) is 13.8. The molecule has 2 amide bonds. The van der Waals surface area contributed by atoms with Gasteiger partial charge in [0.1, 0.15) is 34.9 Å². The highest BCUT2D eigenvalue weighted by molar-refractivity contribution is 5.69. The fourth-order valence-corrected chi connectivity index (χ4v) is 4.02. The third kappa shape index (κ3) is 10.1. The fraction of sp³-hybridized carbons (Fsp3) is 0.533. The molecule has 2 aromatic rings. The van der Waals surface area contributed by atoms with E-state index in [9.17, 15) is 9.59 Å². The van der Waals surface area contributed by atoms with Gasteiger partial charge in [0.25, 0.3) is 0 Å². The molecule has 0 saturated carbocycles. The van der Waals surface area contributed by atoms with E-state index in [1.807, 2.05) is 102 Å². The molecule has 0 bridgehead atoms. The molecule has 2 fully saturated rings. The van der Waals surface area contributed by atoms with Crippen molar-refractivity contribution in [3.8, 4) is 11.5 Å². The first-order valence-corrected chi connectivity index (χ1v) is 13.3. The molecule has 2 aliphatic heterocycles. The van der Waals surface area contributed by atoms with Crippen LogP contribution in [0.5, 0.6) is 11.5 Å². The molecule has 38 heavy (non-hydrogen) atoms. The maximum atomic E-state index is 11.9. The summed E-state index contributed by atoms with van der Waals surface area (Å²) in [6, 6.07) is 19.4. The van der Waals surface area contributed by atoms with Crippen molar-refractivity contribution in [1.82, 2.24) is 9.80 Å². The van der Waals surface area contributed by atoms with Crippen LogP contribution in [0.15, 0.2) is 60.7 Å². The van der Waals surface area contributed by atoms with Crippen molar-refractivity contribution in [2.75, 3.05) is 26.2 Å². The Kier molecular flexibility index (Phi) is 9.89. The first-order chi connectivity index (χ1) is 17.9. The lowest BCUT2D eigenvalue weighted by Gasteiger charge is -2.24. The molecule has 8 heteroatoms. The average Bonchev–Trinajstić information content (AvgIpc) is 3.49. The van der Waals surface area contributed by atoms with E-state index in [1.54, 1.807) is 9.80 Å². The summed E-state index contributed by atoms with van der Waals surface area (Å²) in [5.74, 6) is 1.69. The Bertz CT molecular complexity index is 933. The van der Waals surface area contributed by atoms with E-state index >= 15 is 0 Å². The van der Waals surface area contributed by atoms with Gasteiger partial charge in [0.05, 0.1) is 13.1 Å². The SMILES string of the molecule is CC(C)(C)OC(=O)N1CC[C@@H](Oc2ccccc2)C1.CC(C)(C)OC(=O)N1CC[C@@H](Oc2ccccc2)C1. The Labute approximate surface area is 226 Å². The van der Waals surface area contributed by atoms with Crippen LogP contribution in [0.4, 0.5) is 9.59 Å². The standard InChI is InChI=1S/2C15H21NO3/c2*1-15(2,3)19-14(17)16-10-9-13(11-16)18-12-7-5-4-6-8-12/h2*4-8,13H,9-11H2,1-3H3/t2*13-/m11/s1. The Morgan fingerprint density at radius 2 is 0.974 bits per heavy atom. The van der Waals surface area contributed by atoms with Gasteiger partial charge in [0.15, 0.2) is 0 Å². The molecule has 4 rings (SSSR count). The van der Waals surface area contributed by atoms with Gasteiger partial charge in [-0.05, 0) is 65.8 Å². The number of carbonyl (C=O) groups is 2. The minimum atomic E-state index is -0.449. The number of hydrogen-bond donors (Lipinski definition) is 0. The van der Waals surface area contributed by atoms with Crippen LogP contribution in [0.25, 0.3) is 0 Å². The smallest absolute Gasteiger partial charge is 0.410 e. The molecule has 0 unspecified atom stereocenters. The lowest BCUT2D eigenvalue weighted by atomic mass is 10.2. The molecule has 0 radical (unpaired) electrons. The van der Waals surface area contributed by atoms with Crippen LogP contribution in [0, 0.1) is 0 Å². The van der Waals surface area contributed by atoms with Crippen molar-refractivity contribution in [2.45, 2.75) is 77.8 Å². The first kappa shape index (κ1) is 29.1. The summed E-state index contributed by atoms with van der Waals surface area (Å²) in [6.07, 6.45) is 1.27. The number of rotatable bonds is 4. The van der Waals surface area contributed by atoms with E-state index in [0.717, 1.165) is 24.3 Å². The molecule has 0 aromatic heterocycles. The number of carbonyl (C=O) groups excluding carboxylic acids is 2. The van der Waals surface area contributed by atoms with Gasteiger partial charge in [-0.25, -0.2) is 9.59 Å². The Morgan fingerprint density at radius 1 is 0.632 bits per heavy atom. The third-order valence-electron chi connectivity index (χ3n) is 5.69. The molecule has 2 heterocycles. The van der Waals surface area contributed by atoms with Gasteiger partial charge < -0.3 is 28.7 Å². The van der Waals surface area contributed by atoms with Crippen LogP contribution in [0.3, 0.4) is 0 Å². The van der Waals surface area contributed by atoms with Crippen molar-refractivity contribution in [3.63, 3.8) is 0 Å². The van der Waals surface area contributed by atoms with Crippen LogP contribution < -0.4 is 9.47 Å². The monoisotopic (exact) mass is 526 g/mol. The second-order valence-corrected chi connectivity index (χ2v) is 11.5. The predicted molar refractivity (Wildman–Crippen MR) is 147 cm³/mol. The summed E-state index contributed by atoms with van der Waals surface area (Å²) in [7, 11) is 0. The Balaban J connectivity index is 0.000000211. The van der Waals surface area contributed by atoms with Crippen LogP contribution in [0.1, 0.15) is 54.4 Å². The molecular formula is C30H42N2O6. The zero-order chi connectivity index (χ0) is 27.8. The zero-order valence-corrected chi connectivity index (χ0v) is 23.5. The lowest BCUT2D eigenvalue weighted by molar-refractivity contribution is 0.0266. The van der Waals surface area contributed by atoms with Crippen LogP contribution in [-0.2, 0) is 9.47 Å². The third-order valence-corrected chi connectivity index (χ3v) is 5.69. The topological polar surface area (TPSA) is 77.5 Å². The summed E-state index contributed by atoms with van der Waals surface area (Å²) < 4.78 is 22.4. The van der Waals surface area contributed by atoms with E-state index in [4.69, 9.17) is 18.9 Å². The minimum Gasteiger partial charge on any atom is -0.489 e. The van der Waals surface area contributed by atoms with Crippen molar-refractivity contribution < 1.29 is 28.5 Å². The molecule has 2 aromatic carbocycles. The molecule has 208 valence electrons. The number of ether oxygens (including phenoxy) is 4. The normalized spacial score (nSPS) is 19.3. The first-order valence-electron chi connectivity index (χ1n) is 13.3. The van der Waals surface area contributed by atoms with Gasteiger partial charge >= 0.3 is 12.2 Å². The van der Waals surface area contributed by atoms with E-state index in [0.29, 0.717) is 26.2 Å². The van der Waals surface area contributed by atoms with Gasteiger partial charge in [-0.1, -0.05) is 36.4 Å². The van der Waals surface area contributed by atoms with E-state index in [2.05, 4.69) is 0 Å². The number of hydrogen-bond acceptors (Lipinski definition) is 6.